The summed E-state index contributed by atoms with van der Waals surface area (Å²) < 4.78 is 24.5. The van der Waals surface area contributed by atoms with Gasteiger partial charge in [0.05, 0.1) is 25.2 Å². The van der Waals surface area contributed by atoms with Crippen molar-refractivity contribution in [3.63, 3.8) is 0 Å². The van der Waals surface area contributed by atoms with Crippen LogP contribution >= 0.6 is 0 Å². The number of pyridine rings is 1. The molecule has 0 fully saturated rings. The van der Waals surface area contributed by atoms with Crippen LogP contribution in [0.2, 0.25) is 0 Å². The number of methoxy groups -OCH3 is 2. The fourth-order valence-electron chi connectivity index (χ4n) is 3.78. The van der Waals surface area contributed by atoms with Crippen molar-refractivity contribution in [3.05, 3.63) is 42.0 Å². The molecule has 2 aliphatic heterocycles. The van der Waals surface area contributed by atoms with E-state index in [2.05, 4.69) is 28.8 Å². The van der Waals surface area contributed by atoms with E-state index in [-0.39, 0.29) is 0 Å². The molecule has 5 nitrogen and oxygen atoms in total. The summed E-state index contributed by atoms with van der Waals surface area (Å²) >= 11 is 0. The van der Waals surface area contributed by atoms with E-state index >= 15 is 0 Å². The van der Waals surface area contributed by atoms with Crippen LogP contribution in [0.15, 0.2) is 36.4 Å². The predicted octanol–water partition coefficient (Wildman–Crippen LogP) is 3.10. The molecule has 126 valence electrons. The quantitative estimate of drug-likeness (QED) is 0.674. The van der Waals surface area contributed by atoms with E-state index in [1.54, 1.807) is 14.2 Å². The lowest BCUT2D eigenvalue weighted by atomic mass is 9.95. The Labute approximate surface area is 145 Å². The second-order valence-corrected chi connectivity index (χ2v) is 6.26. The van der Waals surface area contributed by atoms with Crippen molar-refractivity contribution in [1.29, 1.82) is 0 Å². The van der Waals surface area contributed by atoms with Crippen molar-refractivity contribution < 1.29 is 23.5 Å². The van der Waals surface area contributed by atoms with E-state index in [0.717, 1.165) is 52.6 Å². The molecule has 0 atom stereocenters. The molecule has 2 aliphatic rings. The summed E-state index contributed by atoms with van der Waals surface area (Å²) in [6.07, 6.45) is 0.926. The van der Waals surface area contributed by atoms with Gasteiger partial charge in [-0.2, -0.15) is 4.57 Å². The zero-order chi connectivity index (χ0) is 17.0. The van der Waals surface area contributed by atoms with Crippen molar-refractivity contribution in [2.45, 2.75) is 13.0 Å². The molecular weight excluding hydrogens is 318 g/mol. The van der Waals surface area contributed by atoms with Gasteiger partial charge < -0.3 is 18.9 Å². The molecule has 0 unspecified atom stereocenters. The van der Waals surface area contributed by atoms with Crippen LogP contribution in [0, 0.1) is 0 Å². The van der Waals surface area contributed by atoms with Crippen LogP contribution < -0.4 is 23.5 Å². The SMILES string of the molecule is COc1ccc2cc3[n+](c(OC)c2c1)CCc1cc2c(cc1-3)OCO2. The average molecular weight is 336 g/mol. The highest BCUT2D eigenvalue weighted by Gasteiger charge is 2.31. The van der Waals surface area contributed by atoms with Gasteiger partial charge in [0.25, 0.3) is 0 Å². The molecule has 0 radical (unpaired) electrons. The second-order valence-electron chi connectivity index (χ2n) is 6.26. The number of benzene rings is 2. The van der Waals surface area contributed by atoms with E-state index < -0.39 is 0 Å². The zero-order valence-electron chi connectivity index (χ0n) is 14.2. The molecular formula is C20H18NO4+. The minimum atomic E-state index is 0.291. The second kappa shape index (κ2) is 5.28. The number of rotatable bonds is 2. The molecule has 5 heteroatoms. The summed E-state index contributed by atoms with van der Waals surface area (Å²) in [4.78, 5) is 0. The third kappa shape index (κ3) is 2.05. The van der Waals surface area contributed by atoms with Gasteiger partial charge in [-0.3, -0.25) is 0 Å². The Bertz CT molecular complexity index is 1010. The minimum absolute atomic E-state index is 0.291. The van der Waals surface area contributed by atoms with Gasteiger partial charge in [0, 0.05) is 12.5 Å². The summed E-state index contributed by atoms with van der Waals surface area (Å²) in [6.45, 7) is 1.15. The highest BCUT2D eigenvalue weighted by Crippen LogP contribution is 2.41. The third-order valence-electron chi connectivity index (χ3n) is 4.99. The molecule has 25 heavy (non-hydrogen) atoms. The molecule has 0 N–H and O–H groups in total. The van der Waals surface area contributed by atoms with Gasteiger partial charge in [-0.05, 0) is 35.2 Å². The fraction of sp³-hybridized carbons (Fsp3) is 0.250. The van der Waals surface area contributed by atoms with E-state index in [4.69, 9.17) is 18.9 Å². The lowest BCUT2D eigenvalue weighted by Crippen LogP contribution is -2.41. The fourth-order valence-corrected chi connectivity index (χ4v) is 3.78. The Hall–Kier alpha value is -2.95. The van der Waals surface area contributed by atoms with Gasteiger partial charge >= 0.3 is 5.88 Å². The topological polar surface area (TPSA) is 40.8 Å². The Morgan fingerprint density at radius 3 is 2.60 bits per heavy atom. The molecule has 2 aromatic carbocycles. The molecule has 0 spiro atoms. The predicted molar refractivity (Wildman–Crippen MR) is 92.5 cm³/mol. The van der Waals surface area contributed by atoms with Crippen LogP contribution in [-0.4, -0.2) is 21.0 Å². The highest BCUT2D eigenvalue weighted by atomic mass is 16.7. The van der Waals surface area contributed by atoms with Gasteiger partial charge in [-0.15, -0.1) is 0 Å². The number of hydrogen-bond acceptors (Lipinski definition) is 4. The van der Waals surface area contributed by atoms with Crippen LogP contribution in [0.4, 0.5) is 0 Å². The molecule has 0 bridgehead atoms. The van der Waals surface area contributed by atoms with E-state index in [0.29, 0.717) is 6.79 Å². The number of fused-ring (bicyclic) bond motifs is 5. The van der Waals surface area contributed by atoms with Crippen molar-refractivity contribution in [3.8, 4) is 34.4 Å². The minimum Gasteiger partial charge on any atom is -0.497 e. The van der Waals surface area contributed by atoms with E-state index in [1.165, 1.54) is 11.1 Å². The van der Waals surface area contributed by atoms with Crippen LogP contribution in [0.25, 0.3) is 22.0 Å². The lowest BCUT2D eigenvalue weighted by Gasteiger charge is -2.18. The Morgan fingerprint density at radius 1 is 0.960 bits per heavy atom. The number of nitrogens with zero attached hydrogens (tertiary/aromatic N) is 1. The molecule has 5 rings (SSSR count). The highest BCUT2D eigenvalue weighted by molar-refractivity contribution is 5.90. The number of ether oxygens (including phenoxy) is 4. The molecule has 0 amide bonds. The number of hydrogen-bond donors (Lipinski definition) is 0. The molecule has 1 aromatic heterocycles. The number of aromatic nitrogens is 1. The summed E-state index contributed by atoms with van der Waals surface area (Å²) in [7, 11) is 3.40. The van der Waals surface area contributed by atoms with E-state index in [9.17, 15) is 0 Å². The molecule has 0 aliphatic carbocycles. The Morgan fingerprint density at radius 2 is 1.80 bits per heavy atom. The first-order valence-corrected chi connectivity index (χ1v) is 8.30. The summed E-state index contributed by atoms with van der Waals surface area (Å²) in [5.74, 6) is 3.33. The monoisotopic (exact) mass is 336 g/mol. The molecule has 3 heterocycles. The number of aryl methyl sites for hydroxylation is 1. The Kier molecular flexibility index (Phi) is 3.04. The van der Waals surface area contributed by atoms with Crippen LogP contribution in [-0.2, 0) is 13.0 Å². The maximum atomic E-state index is 5.78. The van der Waals surface area contributed by atoms with Crippen LogP contribution in [0.1, 0.15) is 5.56 Å². The first kappa shape index (κ1) is 14.4. The Balaban J connectivity index is 1.80. The third-order valence-corrected chi connectivity index (χ3v) is 4.99. The van der Waals surface area contributed by atoms with Gasteiger partial charge in [-0.1, -0.05) is 6.07 Å². The van der Waals surface area contributed by atoms with Gasteiger partial charge in [0.1, 0.15) is 5.75 Å². The molecule has 0 saturated heterocycles. The molecule has 3 aromatic rings. The maximum absolute atomic E-state index is 5.78. The summed E-state index contributed by atoms with van der Waals surface area (Å²) in [6, 6.07) is 12.5. The van der Waals surface area contributed by atoms with Gasteiger partial charge in [0.2, 0.25) is 12.5 Å². The van der Waals surface area contributed by atoms with Crippen molar-refractivity contribution in [2.75, 3.05) is 21.0 Å². The van der Waals surface area contributed by atoms with Crippen molar-refractivity contribution in [1.82, 2.24) is 0 Å². The summed E-state index contributed by atoms with van der Waals surface area (Å²) in [5.41, 5.74) is 3.58. The van der Waals surface area contributed by atoms with E-state index in [1.807, 2.05) is 12.1 Å². The van der Waals surface area contributed by atoms with Crippen molar-refractivity contribution in [2.24, 2.45) is 0 Å². The lowest BCUT2D eigenvalue weighted by molar-refractivity contribution is -0.691. The molecule has 0 saturated carbocycles. The maximum Gasteiger partial charge on any atom is 0.376 e. The van der Waals surface area contributed by atoms with Crippen molar-refractivity contribution >= 4 is 10.8 Å². The van der Waals surface area contributed by atoms with Gasteiger partial charge in [-0.25, -0.2) is 0 Å². The van der Waals surface area contributed by atoms with Gasteiger partial charge in [0.15, 0.2) is 18.0 Å². The summed E-state index contributed by atoms with van der Waals surface area (Å²) in [5, 5.41) is 2.17. The first-order chi connectivity index (χ1) is 12.3. The zero-order valence-corrected chi connectivity index (χ0v) is 14.2. The average Bonchev–Trinajstić information content (AvgIpc) is 3.11. The smallest absolute Gasteiger partial charge is 0.376 e. The standard InChI is InChI=1S/C20H18NO4/c1-22-14-4-3-12-7-17-15-10-19-18(24-11-25-19)8-13(15)5-6-21(17)20(23-2)16(12)9-14/h3-4,7-10H,5-6,11H2,1-2H3/q+1. The van der Waals surface area contributed by atoms with Crippen LogP contribution in [0.5, 0.6) is 23.1 Å². The normalized spacial score (nSPS) is 14.2. The largest absolute Gasteiger partial charge is 0.497 e. The first-order valence-electron chi connectivity index (χ1n) is 8.30. The van der Waals surface area contributed by atoms with Crippen LogP contribution in [0.3, 0.4) is 0 Å².